The van der Waals surface area contributed by atoms with Crippen molar-refractivity contribution in [1.82, 2.24) is 0 Å². The third-order valence-electron chi connectivity index (χ3n) is 2.55. The molecule has 0 aliphatic rings. The number of phenolic OH excluding ortho intramolecular Hbond substituents is 1. The summed E-state index contributed by atoms with van der Waals surface area (Å²) in [5, 5.41) is 19.0. The van der Waals surface area contributed by atoms with Gasteiger partial charge in [0, 0.05) is 10.6 Å². The van der Waals surface area contributed by atoms with E-state index in [1.165, 1.54) is 0 Å². The number of phenols is 1. The molecule has 84 valence electrons. The maximum atomic E-state index is 9.63. The highest BCUT2D eigenvalue weighted by Crippen LogP contribution is 2.31. The van der Waals surface area contributed by atoms with Gasteiger partial charge in [-0.2, -0.15) is 5.26 Å². The molecule has 0 radical (unpaired) electrons. The second-order valence-electron chi connectivity index (χ2n) is 3.83. The summed E-state index contributed by atoms with van der Waals surface area (Å²) >= 11 is 6.14. The van der Waals surface area contributed by atoms with Crippen LogP contribution in [0.15, 0.2) is 36.4 Å². The number of nitriles is 1. The van der Waals surface area contributed by atoms with Gasteiger partial charge in [0.1, 0.15) is 11.8 Å². The van der Waals surface area contributed by atoms with Crippen molar-refractivity contribution in [1.29, 1.82) is 5.26 Å². The van der Waals surface area contributed by atoms with Crippen molar-refractivity contribution in [2.45, 2.75) is 6.92 Å². The van der Waals surface area contributed by atoms with Crippen LogP contribution in [0.4, 0.5) is 0 Å². The van der Waals surface area contributed by atoms with Crippen LogP contribution in [0.25, 0.3) is 11.1 Å². The van der Waals surface area contributed by atoms with Gasteiger partial charge < -0.3 is 5.11 Å². The number of nitrogens with zero attached hydrogens (tertiary/aromatic N) is 1. The standard InChI is InChI=1S/C14H10ClNO/c1-9-2-5-12(13(15)6-9)10-3-4-11(8-16)14(17)7-10/h2-7,17H,1H3. The zero-order chi connectivity index (χ0) is 12.4. The van der Waals surface area contributed by atoms with E-state index >= 15 is 0 Å². The number of benzene rings is 2. The summed E-state index contributed by atoms with van der Waals surface area (Å²) in [6.07, 6.45) is 0. The molecule has 2 aromatic carbocycles. The second kappa shape index (κ2) is 4.48. The Hall–Kier alpha value is -1.98. The van der Waals surface area contributed by atoms with E-state index in [2.05, 4.69) is 0 Å². The minimum absolute atomic E-state index is 0.0263. The highest BCUT2D eigenvalue weighted by atomic mass is 35.5. The van der Waals surface area contributed by atoms with Gasteiger partial charge in [-0.15, -0.1) is 0 Å². The summed E-state index contributed by atoms with van der Waals surface area (Å²) in [5.74, 6) is -0.0263. The quantitative estimate of drug-likeness (QED) is 0.826. The molecule has 2 nitrogen and oxygen atoms in total. The van der Waals surface area contributed by atoms with Gasteiger partial charge in [0.05, 0.1) is 5.56 Å². The zero-order valence-corrected chi connectivity index (χ0v) is 9.99. The molecule has 2 rings (SSSR count). The third kappa shape index (κ3) is 2.25. The minimum Gasteiger partial charge on any atom is -0.507 e. The van der Waals surface area contributed by atoms with Crippen molar-refractivity contribution in [3.63, 3.8) is 0 Å². The topological polar surface area (TPSA) is 44.0 Å². The lowest BCUT2D eigenvalue weighted by Gasteiger charge is -2.06. The Morgan fingerprint density at radius 1 is 1.18 bits per heavy atom. The largest absolute Gasteiger partial charge is 0.507 e. The molecule has 0 heterocycles. The van der Waals surface area contributed by atoms with Gasteiger partial charge >= 0.3 is 0 Å². The van der Waals surface area contributed by atoms with Gasteiger partial charge in [0.2, 0.25) is 0 Å². The van der Waals surface area contributed by atoms with Gasteiger partial charge in [0.25, 0.3) is 0 Å². The Kier molecular flexibility index (Phi) is 3.03. The first-order chi connectivity index (χ1) is 8.11. The monoisotopic (exact) mass is 243 g/mol. The fraction of sp³-hybridized carbons (Fsp3) is 0.0714. The molecule has 0 amide bonds. The van der Waals surface area contributed by atoms with Crippen LogP contribution in [0.1, 0.15) is 11.1 Å². The molecule has 2 aromatic rings. The summed E-state index contributed by atoms with van der Waals surface area (Å²) < 4.78 is 0. The molecule has 0 spiro atoms. The normalized spacial score (nSPS) is 9.94. The molecule has 0 aliphatic heterocycles. The summed E-state index contributed by atoms with van der Waals surface area (Å²) in [5.41, 5.74) is 2.98. The Balaban J connectivity index is 2.54. The number of rotatable bonds is 1. The SMILES string of the molecule is Cc1ccc(-c2ccc(C#N)c(O)c2)c(Cl)c1. The van der Waals surface area contributed by atoms with E-state index < -0.39 is 0 Å². The molecule has 0 fully saturated rings. The Morgan fingerprint density at radius 2 is 1.94 bits per heavy atom. The van der Waals surface area contributed by atoms with Gasteiger partial charge in [-0.3, -0.25) is 0 Å². The molecule has 0 atom stereocenters. The highest BCUT2D eigenvalue weighted by molar-refractivity contribution is 6.33. The molecule has 0 saturated heterocycles. The van der Waals surface area contributed by atoms with E-state index in [0.717, 1.165) is 16.7 Å². The van der Waals surface area contributed by atoms with Crippen molar-refractivity contribution < 1.29 is 5.11 Å². The van der Waals surface area contributed by atoms with E-state index in [-0.39, 0.29) is 11.3 Å². The predicted molar refractivity (Wildman–Crippen MR) is 68.0 cm³/mol. The van der Waals surface area contributed by atoms with Crippen LogP contribution < -0.4 is 0 Å². The van der Waals surface area contributed by atoms with Crippen LogP contribution in [0.3, 0.4) is 0 Å². The van der Waals surface area contributed by atoms with Crippen molar-refractivity contribution in [3.05, 3.63) is 52.5 Å². The van der Waals surface area contributed by atoms with Crippen molar-refractivity contribution in [3.8, 4) is 22.9 Å². The Labute approximate surface area is 105 Å². The number of aromatic hydroxyl groups is 1. The molecule has 0 bridgehead atoms. The van der Waals surface area contributed by atoms with Crippen molar-refractivity contribution in [2.24, 2.45) is 0 Å². The molecule has 0 saturated carbocycles. The number of hydrogen-bond acceptors (Lipinski definition) is 2. The average Bonchev–Trinajstić information content (AvgIpc) is 2.29. The predicted octanol–water partition coefficient (Wildman–Crippen LogP) is 3.89. The van der Waals surface area contributed by atoms with Crippen LogP contribution in [0.2, 0.25) is 5.02 Å². The minimum atomic E-state index is -0.0263. The Morgan fingerprint density at radius 3 is 2.53 bits per heavy atom. The molecular weight excluding hydrogens is 234 g/mol. The van der Waals surface area contributed by atoms with Crippen molar-refractivity contribution >= 4 is 11.6 Å². The molecule has 0 aliphatic carbocycles. The zero-order valence-electron chi connectivity index (χ0n) is 9.24. The van der Waals surface area contributed by atoms with Gasteiger partial charge in [-0.05, 0) is 36.2 Å². The Bertz CT molecular complexity index is 614. The summed E-state index contributed by atoms with van der Waals surface area (Å²) in [6, 6.07) is 12.5. The van der Waals surface area contributed by atoms with Crippen LogP contribution in [-0.4, -0.2) is 5.11 Å². The first-order valence-electron chi connectivity index (χ1n) is 5.11. The summed E-state index contributed by atoms with van der Waals surface area (Å²) in [6.45, 7) is 1.96. The van der Waals surface area contributed by atoms with Crippen molar-refractivity contribution in [2.75, 3.05) is 0 Å². The van der Waals surface area contributed by atoms with Crippen LogP contribution in [0.5, 0.6) is 5.75 Å². The van der Waals surface area contributed by atoms with Gasteiger partial charge in [0.15, 0.2) is 0 Å². The first-order valence-corrected chi connectivity index (χ1v) is 5.49. The molecule has 1 N–H and O–H groups in total. The smallest absolute Gasteiger partial charge is 0.133 e. The molecule has 0 unspecified atom stereocenters. The molecular formula is C14H10ClNO. The molecule has 3 heteroatoms. The fourth-order valence-corrected chi connectivity index (χ4v) is 1.99. The first kappa shape index (κ1) is 11.5. The van der Waals surface area contributed by atoms with E-state index in [9.17, 15) is 5.11 Å². The van der Waals surface area contributed by atoms with Crippen LogP contribution >= 0.6 is 11.6 Å². The summed E-state index contributed by atoms with van der Waals surface area (Å²) in [4.78, 5) is 0. The van der Waals surface area contributed by atoms with E-state index in [1.807, 2.05) is 31.2 Å². The lowest BCUT2D eigenvalue weighted by atomic mass is 10.0. The van der Waals surface area contributed by atoms with Gasteiger partial charge in [-0.1, -0.05) is 29.8 Å². The van der Waals surface area contributed by atoms with Gasteiger partial charge in [-0.25, -0.2) is 0 Å². The van der Waals surface area contributed by atoms with Crippen LogP contribution in [0, 0.1) is 18.3 Å². The number of aryl methyl sites for hydroxylation is 1. The van der Waals surface area contributed by atoms with E-state index in [0.29, 0.717) is 5.02 Å². The lowest BCUT2D eigenvalue weighted by molar-refractivity contribution is 0.474. The molecule has 17 heavy (non-hydrogen) atoms. The lowest BCUT2D eigenvalue weighted by Crippen LogP contribution is -1.83. The summed E-state index contributed by atoms with van der Waals surface area (Å²) in [7, 11) is 0. The average molecular weight is 244 g/mol. The van der Waals surface area contributed by atoms with E-state index in [4.69, 9.17) is 16.9 Å². The van der Waals surface area contributed by atoms with Crippen LogP contribution in [-0.2, 0) is 0 Å². The number of halogens is 1. The second-order valence-corrected chi connectivity index (χ2v) is 4.23. The maximum Gasteiger partial charge on any atom is 0.133 e. The highest BCUT2D eigenvalue weighted by Gasteiger charge is 2.07. The molecule has 0 aromatic heterocycles. The number of hydrogen-bond donors (Lipinski definition) is 1. The maximum absolute atomic E-state index is 9.63. The third-order valence-corrected chi connectivity index (χ3v) is 2.87. The van der Waals surface area contributed by atoms with E-state index in [1.54, 1.807) is 18.2 Å². The fourth-order valence-electron chi connectivity index (χ4n) is 1.65.